The van der Waals surface area contributed by atoms with Crippen molar-refractivity contribution in [1.29, 1.82) is 0 Å². The number of methoxy groups -OCH3 is 1. The number of rotatable bonds is 6. The number of benzene rings is 2. The minimum Gasteiger partial charge on any atom is -0.507 e. The fourth-order valence-corrected chi connectivity index (χ4v) is 3.80. The summed E-state index contributed by atoms with van der Waals surface area (Å²) in [5.74, 6) is -0.863. The summed E-state index contributed by atoms with van der Waals surface area (Å²) >= 11 is 0. The molecular weight excluding hydrogens is 471 g/mol. The van der Waals surface area contributed by atoms with E-state index in [1.165, 1.54) is 20.1 Å². The molecule has 0 saturated heterocycles. The first-order valence-corrected chi connectivity index (χ1v) is 10.3. The van der Waals surface area contributed by atoms with Gasteiger partial charge >= 0.3 is 11.8 Å². The first-order valence-electron chi connectivity index (χ1n) is 10.3. The van der Waals surface area contributed by atoms with E-state index in [0.29, 0.717) is 22.8 Å². The van der Waals surface area contributed by atoms with Gasteiger partial charge in [0.25, 0.3) is 0 Å². The maximum Gasteiger partial charge on any atom is 0.416 e. The fourth-order valence-electron chi connectivity index (χ4n) is 3.80. The molecule has 35 heavy (non-hydrogen) atoms. The van der Waals surface area contributed by atoms with Crippen molar-refractivity contribution in [1.82, 2.24) is 0 Å². The zero-order valence-corrected chi connectivity index (χ0v) is 18.6. The number of anilines is 1. The first kappa shape index (κ1) is 24.0. The predicted octanol–water partition coefficient (Wildman–Crippen LogP) is 4.57. The number of hydrogen-bond acceptors (Lipinski definition) is 7. The Kier molecular flexibility index (Phi) is 6.33. The van der Waals surface area contributed by atoms with E-state index in [1.807, 2.05) is 0 Å². The van der Waals surface area contributed by atoms with Crippen molar-refractivity contribution in [2.45, 2.75) is 25.4 Å². The van der Waals surface area contributed by atoms with E-state index < -0.39 is 29.2 Å². The highest BCUT2D eigenvalue weighted by Gasteiger charge is 2.31. The zero-order chi connectivity index (χ0) is 25.3. The Morgan fingerprint density at radius 3 is 2.51 bits per heavy atom. The number of aromatic hydroxyl groups is 1. The maximum absolute atomic E-state index is 12.9. The Labute approximate surface area is 196 Å². The van der Waals surface area contributed by atoms with Crippen molar-refractivity contribution >= 4 is 11.6 Å². The molecule has 0 bridgehead atoms. The second-order valence-electron chi connectivity index (χ2n) is 7.78. The summed E-state index contributed by atoms with van der Waals surface area (Å²) in [7, 11) is 1.41. The molecule has 4 rings (SSSR count). The summed E-state index contributed by atoms with van der Waals surface area (Å²) in [6, 6.07) is 8.28. The fraction of sp³-hybridized carbons (Fsp3) is 0.250. The Morgan fingerprint density at radius 1 is 1.17 bits per heavy atom. The number of fused-ring (bicyclic) bond motifs is 1. The van der Waals surface area contributed by atoms with Crippen LogP contribution in [0.5, 0.6) is 23.0 Å². The van der Waals surface area contributed by atoms with E-state index >= 15 is 0 Å². The van der Waals surface area contributed by atoms with Gasteiger partial charge in [-0.2, -0.15) is 13.2 Å². The lowest BCUT2D eigenvalue weighted by Gasteiger charge is -2.19. The molecule has 0 radical (unpaired) electrons. The van der Waals surface area contributed by atoms with Crippen molar-refractivity contribution in [3.63, 3.8) is 0 Å². The topological polar surface area (TPSA) is 107 Å². The van der Waals surface area contributed by atoms with Gasteiger partial charge in [0, 0.05) is 24.1 Å². The largest absolute Gasteiger partial charge is 0.507 e. The molecule has 8 nitrogen and oxygen atoms in total. The van der Waals surface area contributed by atoms with Gasteiger partial charge in [0.15, 0.2) is 11.5 Å². The van der Waals surface area contributed by atoms with Gasteiger partial charge in [-0.05, 0) is 48.9 Å². The minimum absolute atomic E-state index is 0.0495. The smallest absolute Gasteiger partial charge is 0.416 e. The monoisotopic (exact) mass is 491 g/mol. The highest BCUT2D eigenvalue weighted by atomic mass is 19.4. The van der Waals surface area contributed by atoms with Crippen LogP contribution in [0.2, 0.25) is 0 Å². The molecule has 0 aliphatic carbocycles. The van der Waals surface area contributed by atoms with Gasteiger partial charge in [0.05, 0.1) is 18.2 Å². The molecule has 1 aliphatic rings. The standard InChI is InChI=1S/C24H20F3NO7/c1-12-7-17(29)21(23(31)35-12)16(13-8-18(32-2)22-19(9-13)33-11-34-22)10-20(30)28-15-5-3-14(4-6-15)24(25,26)27/h3-9,16,29H,10-11H2,1-2H3,(H,28,30). The van der Waals surface area contributed by atoms with Gasteiger partial charge in [-0.1, -0.05) is 0 Å². The Bertz CT molecular complexity index is 1320. The van der Waals surface area contributed by atoms with Crippen molar-refractivity contribution in [2.24, 2.45) is 0 Å². The quantitative estimate of drug-likeness (QED) is 0.520. The second kappa shape index (κ2) is 9.24. The van der Waals surface area contributed by atoms with E-state index in [2.05, 4.69) is 5.32 Å². The van der Waals surface area contributed by atoms with Crippen LogP contribution in [0.15, 0.2) is 51.7 Å². The number of carbonyl (C=O) groups excluding carboxylic acids is 1. The Morgan fingerprint density at radius 2 is 1.89 bits per heavy atom. The molecule has 1 unspecified atom stereocenters. The van der Waals surface area contributed by atoms with E-state index in [-0.39, 0.29) is 36.0 Å². The third-order valence-corrected chi connectivity index (χ3v) is 5.41. The average Bonchev–Trinajstić information content (AvgIpc) is 3.25. The molecule has 1 aromatic heterocycles. The lowest BCUT2D eigenvalue weighted by molar-refractivity contribution is -0.137. The number of ether oxygens (including phenoxy) is 3. The normalized spacial score (nSPS) is 13.4. The number of hydrogen-bond donors (Lipinski definition) is 2. The molecule has 1 atom stereocenters. The van der Waals surface area contributed by atoms with E-state index in [4.69, 9.17) is 18.6 Å². The molecule has 1 amide bonds. The van der Waals surface area contributed by atoms with E-state index in [9.17, 15) is 27.9 Å². The van der Waals surface area contributed by atoms with Crippen LogP contribution in [-0.4, -0.2) is 24.9 Å². The maximum atomic E-state index is 12.9. The number of alkyl halides is 3. The van der Waals surface area contributed by atoms with Gasteiger partial charge < -0.3 is 29.1 Å². The van der Waals surface area contributed by atoms with Gasteiger partial charge in [-0.3, -0.25) is 4.79 Å². The van der Waals surface area contributed by atoms with Gasteiger partial charge in [-0.25, -0.2) is 4.79 Å². The first-order chi connectivity index (χ1) is 16.6. The van der Waals surface area contributed by atoms with Gasteiger partial charge in [0.1, 0.15) is 11.5 Å². The van der Waals surface area contributed by atoms with Crippen LogP contribution in [0.4, 0.5) is 18.9 Å². The number of nitrogens with one attached hydrogen (secondary N) is 1. The summed E-state index contributed by atoms with van der Waals surface area (Å²) in [5, 5.41) is 13.1. The van der Waals surface area contributed by atoms with Gasteiger partial charge in [-0.15, -0.1) is 0 Å². The SMILES string of the molecule is COc1cc(C(CC(=O)Nc2ccc(C(F)(F)F)cc2)c2c(O)cc(C)oc2=O)cc2c1OCO2. The molecular formula is C24H20F3NO7. The number of amides is 1. The van der Waals surface area contributed by atoms with Crippen LogP contribution < -0.4 is 25.2 Å². The molecule has 1 aliphatic heterocycles. The molecule has 184 valence electrons. The summed E-state index contributed by atoms with van der Waals surface area (Å²) < 4.78 is 59.7. The molecule has 2 N–H and O–H groups in total. The highest BCUT2D eigenvalue weighted by Crippen LogP contribution is 2.45. The van der Waals surface area contributed by atoms with Crippen molar-refractivity contribution in [3.8, 4) is 23.0 Å². The minimum atomic E-state index is -4.51. The molecule has 11 heteroatoms. The van der Waals surface area contributed by atoms with Gasteiger partial charge in [0.2, 0.25) is 18.4 Å². The van der Waals surface area contributed by atoms with Crippen molar-refractivity contribution in [2.75, 3.05) is 19.2 Å². The average molecular weight is 491 g/mol. The number of halogens is 3. The molecule has 0 spiro atoms. The third-order valence-electron chi connectivity index (χ3n) is 5.41. The Balaban J connectivity index is 1.70. The molecule has 3 aromatic rings. The third kappa shape index (κ3) is 5.03. The lowest BCUT2D eigenvalue weighted by Crippen LogP contribution is -2.21. The predicted molar refractivity (Wildman–Crippen MR) is 117 cm³/mol. The van der Waals surface area contributed by atoms with Crippen LogP contribution in [0, 0.1) is 6.92 Å². The van der Waals surface area contributed by atoms with Crippen LogP contribution in [0.1, 0.15) is 34.8 Å². The van der Waals surface area contributed by atoms with Crippen LogP contribution in [-0.2, 0) is 11.0 Å². The lowest BCUT2D eigenvalue weighted by atomic mass is 9.88. The van der Waals surface area contributed by atoms with E-state index in [1.54, 1.807) is 12.1 Å². The zero-order valence-electron chi connectivity index (χ0n) is 18.6. The number of carbonyl (C=O) groups is 1. The number of aryl methyl sites for hydroxylation is 1. The summed E-state index contributed by atoms with van der Waals surface area (Å²) in [6.07, 6.45) is -4.87. The van der Waals surface area contributed by atoms with Crippen molar-refractivity contribution < 1.29 is 41.7 Å². The van der Waals surface area contributed by atoms with Crippen LogP contribution in [0.25, 0.3) is 0 Å². The summed E-state index contributed by atoms with van der Waals surface area (Å²) in [5.41, 5.74) is -1.35. The molecule has 0 fully saturated rings. The second-order valence-corrected chi connectivity index (χ2v) is 7.78. The van der Waals surface area contributed by atoms with Crippen LogP contribution >= 0.6 is 0 Å². The molecule has 2 heterocycles. The van der Waals surface area contributed by atoms with E-state index in [0.717, 1.165) is 24.3 Å². The molecule has 0 saturated carbocycles. The Hall–Kier alpha value is -4.15. The summed E-state index contributed by atoms with van der Waals surface area (Å²) in [4.78, 5) is 25.6. The highest BCUT2D eigenvalue weighted by molar-refractivity contribution is 5.91. The van der Waals surface area contributed by atoms with Crippen molar-refractivity contribution in [3.05, 3.63) is 75.3 Å². The van der Waals surface area contributed by atoms with Crippen LogP contribution in [0.3, 0.4) is 0 Å². The summed E-state index contributed by atoms with van der Waals surface area (Å²) in [6.45, 7) is 1.44. The molecule has 2 aromatic carbocycles.